The first-order chi connectivity index (χ1) is 13.4. The van der Waals surface area contributed by atoms with Crippen LogP contribution in [0, 0.1) is 10.1 Å². The molecular formula is C19H18N2O7. The van der Waals surface area contributed by atoms with E-state index in [0.29, 0.717) is 18.1 Å². The van der Waals surface area contributed by atoms with Crippen LogP contribution in [-0.2, 0) is 9.53 Å². The van der Waals surface area contributed by atoms with Gasteiger partial charge >= 0.3 is 5.97 Å². The lowest BCUT2D eigenvalue weighted by molar-refractivity contribution is -0.384. The van der Waals surface area contributed by atoms with Crippen molar-refractivity contribution in [1.29, 1.82) is 0 Å². The molecule has 0 aliphatic carbocycles. The molecule has 2 aromatic carbocycles. The minimum absolute atomic E-state index is 0.127. The second-order valence-electron chi connectivity index (χ2n) is 6.15. The molecule has 0 saturated heterocycles. The van der Waals surface area contributed by atoms with Crippen molar-refractivity contribution in [2.75, 3.05) is 26.8 Å². The monoisotopic (exact) mass is 386 g/mol. The molecular weight excluding hydrogens is 368 g/mol. The molecule has 1 aliphatic heterocycles. The summed E-state index contributed by atoms with van der Waals surface area (Å²) in [6.45, 7) is 0.121. The molecule has 1 aliphatic rings. The van der Waals surface area contributed by atoms with Gasteiger partial charge in [0.25, 0.3) is 11.6 Å². The highest BCUT2D eigenvalue weighted by atomic mass is 16.6. The van der Waals surface area contributed by atoms with Crippen molar-refractivity contribution in [3.05, 3.63) is 64.2 Å². The normalized spacial score (nSPS) is 14.8. The van der Waals surface area contributed by atoms with Crippen molar-refractivity contribution in [3.63, 3.8) is 0 Å². The van der Waals surface area contributed by atoms with E-state index in [1.807, 2.05) is 12.1 Å². The van der Waals surface area contributed by atoms with Crippen LogP contribution in [0.15, 0.2) is 48.5 Å². The molecule has 0 radical (unpaired) electrons. The van der Waals surface area contributed by atoms with Crippen molar-refractivity contribution in [1.82, 2.24) is 4.90 Å². The molecule has 0 N–H and O–H groups in total. The summed E-state index contributed by atoms with van der Waals surface area (Å²) >= 11 is 0. The van der Waals surface area contributed by atoms with Gasteiger partial charge in [-0.1, -0.05) is 12.1 Å². The molecule has 9 nitrogen and oxygen atoms in total. The van der Waals surface area contributed by atoms with Gasteiger partial charge in [0.1, 0.15) is 6.61 Å². The van der Waals surface area contributed by atoms with Gasteiger partial charge < -0.3 is 19.1 Å². The van der Waals surface area contributed by atoms with Gasteiger partial charge in [-0.3, -0.25) is 14.9 Å². The van der Waals surface area contributed by atoms with E-state index in [2.05, 4.69) is 0 Å². The Morgan fingerprint density at radius 2 is 1.86 bits per heavy atom. The standard InChI is InChI=1S/C19H18N2O7/c1-20(10-15-11-26-16-4-2-3-5-17(16)28-15)18(22)12-27-19(23)13-6-8-14(9-7-13)21(24)25/h2-9,15H,10-12H2,1H3/t15-/m1/s1. The number of carbonyl (C=O) groups is 2. The van der Waals surface area contributed by atoms with Crippen LogP contribution >= 0.6 is 0 Å². The number of hydrogen-bond acceptors (Lipinski definition) is 7. The van der Waals surface area contributed by atoms with Gasteiger partial charge in [0.15, 0.2) is 24.2 Å². The highest BCUT2D eigenvalue weighted by Gasteiger charge is 2.24. The summed E-state index contributed by atoms with van der Waals surface area (Å²) in [5.41, 5.74) is -0.00897. The number of nitro groups is 1. The van der Waals surface area contributed by atoms with E-state index in [9.17, 15) is 19.7 Å². The highest BCUT2D eigenvalue weighted by Crippen LogP contribution is 2.30. The number of benzene rings is 2. The molecule has 1 amide bonds. The molecule has 3 rings (SSSR count). The molecule has 0 fully saturated rings. The number of para-hydroxylation sites is 2. The van der Waals surface area contributed by atoms with Gasteiger partial charge in [-0.2, -0.15) is 0 Å². The van der Waals surface area contributed by atoms with Crippen LogP contribution in [0.25, 0.3) is 0 Å². The van der Waals surface area contributed by atoms with Crippen LogP contribution in [0.4, 0.5) is 5.69 Å². The number of carbonyl (C=O) groups excluding carboxylic acids is 2. The third-order valence-corrected chi connectivity index (χ3v) is 4.11. The van der Waals surface area contributed by atoms with Crippen molar-refractivity contribution < 1.29 is 28.7 Å². The number of amides is 1. The average Bonchev–Trinajstić information content (AvgIpc) is 2.71. The Bertz CT molecular complexity index is 882. The van der Waals surface area contributed by atoms with Crippen molar-refractivity contribution >= 4 is 17.6 Å². The molecule has 0 spiro atoms. The zero-order chi connectivity index (χ0) is 20.1. The number of hydrogen-bond donors (Lipinski definition) is 0. The minimum atomic E-state index is -0.733. The average molecular weight is 386 g/mol. The molecule has 0 aromatic heterocycles. The van der Waals surface area contributed by atoms with Crippen molar-refractivity contribution in [3.8, 4) is 11.5 Å². The molecule has 0 bridgehead atoms. The maximum Gasteiger partial charge on any atom is 0.338 e. The lowest BCUT2D eigenvalue weighted by Gasteiger charge is -2.29. The third kappa shape index (κ3) is 4.56. The van der Waals surface area contributed by atoms with Gasteiger partial charge in [-0.15, -0.1) is 0 Å². The predicted octanol–water partition coefficient (Wildman–Crippen LogP) is 2.05. The first kappa shape index (κ1) is 19.2. The van der Waals surface area contributed by atoms with Gasteiger partial charge in [0.2, 0.25) is 0 Å². The lowest BCUT2D eigenvalue weighted by Crippen LogP contribution is -2.43. The second kappa shape index (κ2) is 8.38. The number of nitrogens with zero attached hydrogens (tertiary/aromatic N) is 2. The SMILES string of the molecule is CN(C[C@@H]1COc2ccccc2O1)C(=O)COC(=O)c1ccc([N+](=O)[O-])cc1. The zero-order valence-electron chi connectivity index (χ0n) is 15.1. The highest BCUT2D eigenvalue weighted by molar-refractivity contribution is 5.91. The number of non-ortho nitro benzene ring substituents is 1. The van der Waals surface area contributed by atoms with Crippen molar-refractivity contribution in [2.24, 2.45) is 0 Å². The summed E-state index contributed by atoms with van der Waals surface area (Å²) in [5.74, 6) is 0.134. The van der Waals surface area contributed by atoms with Crippen LogP contribution in [0.5, 0.6) is 11.5 Å². The number of likely N-dealkylation sites (N-methyl/N-ethyl adjacent to an activating group) is 1. The summed E-state index contributed by atoms with van der Waals surface area (Å²) in [5, 5.41) is 10.6. The van der Waals surface area contributed by atoms with E-state index >= 15 is 0 Å². The van der Waals surface area contributed by atoms with E-state index in [4.69, 9.17) is 14.2 Å². The van der Waals surface area contributed by atoms with E-state index in [0.717, 1.165) is 0 Å². The molecule has 2 aromatic rings. The van der Waals surface area contributed by atoms with Gasteiger partial charge in [0, 0.05) is 19.2 Å². The Kier molecular flexibility index (Phi) is 5.73. The van der Waals surface area contributed by atoms with Crippen molar-refractivity contribution in [2.45, 2.75) is 6.10 Å². The summed E-state index contributed by atoms with van der Waals surface area (Å²) in [7, 11) is 1.58. The number of rotatable bonds is 6. The fraction of sp³-hybridized carbons (Fsp3) is 0.263. The maximum absolute atomic E-state index is 12.2. The van der Waals surface area contributed by atoms with Crippen LogP contribution in [0.1, 0.15) is 10.4 Å². The third-order valence-electron chi connectivity index (χ3n) is 4.11. The molecule has 146 valence electrons. The second-order valence-corrected chi connectivity index (χ2v) is 6.15. The topological polar surface area (TPSA) is 108 Å². The summed E-state index contributed by atoms with van der Waals surface area (Å²) in [6, 6.07) is 12.2. The summed E-state index contributed by atoms with van der Waals surface area (Å²) in [6.07, 6.45) is -0.339. The smallest absolute Gasteiger partial charge is 0.338 e. The van der Waals surface area contributed by atoms with Gasteiger partial charge in [-0.05, 0) is 24.3 Å². The molecule has 1 atom stereocenters. The molecule has 28 heavy (non-hydrogen) atoms. The summed E-state index contributed by atoms with van der Waals surface area (Å²) in [4.78, 5) is 35.6. The molecule has 9 heteroatoms. The largest absolute Gasteiger partial charge is 0.486 e. The molecule has 1 heterocycles. The Morgan fingerprint density at radius 3 is 2.54 bits per heavy atom. The van der Waals surface area contributed by atoms with E-state index in [-0.39, 0.29) is 23.9 Å². The maximum atomic E-state index is 12.2. The quantitative estimate of drug-likeness (QED) is 0.425. The van der Waals surface area contributed by atoms with E-state index < -0.39 is 23.4 Å². The van der Waals surface area contributed by atoms with Gasteiger partial charge in [0.05, 0.1) is 17.0 Å². The number of fused-ring (bicyclic) bond motifs is 1. The Balaban J connectivity index is 1.48. The predicted molar refractivity (Wildman–Crippen MR) is 97.4 cm³/mol. The van der Waals surface area contributed by atoms with Crippen LogP contribution < -0.4 is 9.47 Å². The first-order valence-electron chi connectivity index (χ1n) is 8.48. The Labute approximate surface area is 160 Å². The minimum Gasteiger partial charge on any atom is -0.486 e. The number of esters is 1. The Hall–Kier alpha value is -3.62. The molecule has 0 saturated carbocycles. The first-order valence-corrected chi connectivity index (χ1v) is 8.48. The summed E-state index contributed by atoms with van der Waals surface area (Å²) < 4.78 is 16.4. The zero-order valence-corrected chi connectivity index (χ0v) is 15.1. The fourth-order valence-electron chi connectivity index (χ4n) is 2.60. The van der Waals surface area contributed by atoms with E-state index in [1.165, 1.54) is 29.2 Å². The lowest BCUT2D eigenvalue weighted by atomic mass is 10.2. The molecule has 0 unspecified atom stereocenters. The van der Waals surface area contributed by atoms with Crippen LogP contribution in [-0.4, -0.2) is 54.6 Å². The number of ether oxygens (including phenoxy) is 3. The number of nitro benzene ring substituents is 1. The van der Waals surface area contributed by atoms with Gasteiger partial charge in [-0.25, -0.2) is 4.79 Å². The van der Waals surface area contributed by atoms with Crippen LogP contribution in [0.2, 0.25) is 0 Å². The Morgan fingerprint density at radius 1 is 1.18 bits per heavy atom. The fourth-order valence-corrected chi connectivity index (χ4v) is 2.60. The van der Waals surface area contributed by atoms with E-state index in [1.54, 1.807) is 19.2 Å². The van der Waals surface area contributed by atoms with Crippen LogP contribution in [0.3, 0.4) is 0 Å².